The molecule has 0 saturated carbocycles. The Kier molecular flexibility index (Phi) is 5.93. The van der Waals surface area contributed by atoms with Gasteiger partial charge in [-0.2, -0.15) is 0 Å². The van der Waals surface area contributed by atoms with Gasteiger partial charge in [0.1, 0.15) is 6.35 Å². The van der Waals surface area contributed by atoms with Gasteiger partial charge in [-0.3, -0.25) is 4.57 Å². The van der Waals surface area contributed by atoms with Gasteiger partial charge in [-0.05, 0) is 0 Å². The summed E-state index contributed by atoms with van der Waals surface area (Å²) < 4.78 is 20.8. The fourth-order valence-electron chi connectivity index (χ4n) is 0.451. The molecule has 0 spiro atoms. The third-order valence-electron chi connectivity index (χ3n) is 0.951. The molecule has 1 N–H and O–H groups in total. The predicted octanol–water partition coefficient (Wildman–Crippen LogP) is 1.53. The number of aliphatic hydroxyl groups is 1. The molecular weight excluding hydrogens is 179 g/mol. The van der Waals surface area contributed by atoms with Gasteiger partial charge < -0.3 is 14.2 Å². The van der Waals surface area contributed by atoms with Crippen LogP contribution < -0.4 is 0 Å². The summed E-state index contributed by atoms with van der Waals surface area (Å²) in [6, 6.07) is 0. The first kappa shape index (κ1) is 11.6. The zero-order chi connectivity index (χ0) is 9.45. The summed E-state index contributed by atoms with van der Waals surface area (Å²) in [6.07, 6.45) is 2.23. The Morgan fingerprint density at radius 2 is 1.67 bits per heavy atom. The normalized spacial score (nSPS) is 11.1. The maximum atomic E-state index is 11.3. The average Bonchev–Trinajstić information content (AvgIpc) is 2.11. The Labute approximate surface area is 72.0 Å². The van der Waals surface area contributed by atoms with Crippen LogP contribution in [-0.2, 0) is 13.6 Å². The lowest BCUT2D eigenvalue weighted by molar-refractivity contribution is 0.204. The van der Waals surface area contributed by atoms with Crippen LogP contribution in [0.1, 0.15) is 0 Å². The molecule has 0 unspecified atom stereocenters. The average molecular weight is 192 g/mol. The number of aliphatic hydroxyl groups excluding tert-OH is 1. The SMILES string of the molecule is C=CCOP(=O)(CO)OCC=C. The van der Waals surface area contributed by atoms with Crippen LogP contribution in [-0.4, -0.2) is 24.7 Å². The molecule has 0 atom stereocenters. The number of hydrogen-bond donors (Lipinski definition) is 1. The van der Waals surface area contributed by atoms with E-state index < -0.39 is 13.9 Å². The van der Waals surface area contributed by atoms with Crippen molar-refractivity contribution >= 4 is 7.60 Å². The molecule has 0 saturated heterocycles. The molecule has 0 aromatic heterocycles. The van der Waals surface area contributed by atoms with Crippen molar-refractivity contribution in [3.63, 3.8) is 0 Å². The van der Waals surface area contributed by atoms with Crippen LogP contribution in [0.4, 0.5) is 0 Å². The highest BCUT2D eigenvalue weighted by atomic mass is 31.2. The third kappa shape index (κ3) is 4.46. The molecule has 0 radical (unpaired) electrons. The Morgan fingerprint density at radius 1 is 1.25 bits per heavy atom. The van der Waals surface area contributed by atoms with E-state index in [2.05, 4.69) is 13.2 Å². The molecule has 0 aliphatic carbocycles. The molecule has 0 aliphatic rings. The van der Waals surface area contributed by atoms with Crippen LogP contribution in [0.2, 0.25) is 0 Å². The highest BCUT2D eigenvalue weighted by molar-refractivity contribution is 7.53. The monoisotopic (exact) mass is 192 g/mol. The summed E-state index contributed by atoms with van der Waals surface area (Å²) in [5, 5.41) is 8.66. The minimum absolute atomic E-state index is 0.0922. The van der Waals surface area contributed by atoms with Gasteiger partial charge in [-0.1, -0.05) is 12.2 Å². The number of hydrogen-bond acceptors (Lipinski definition) is 4. The first-order chi connectivity index (χ1) is 5.68. The van der Waals surface area contributed by atoms with Gasteiger partial charge in [0.15, 0.2) is 0 Å². The smallest absolute Gasteiger partial charge is 0.356 e. The quantitative estimate of drug-likeness (QED) is 0.491. The van der Waals surface area contributed by atoms with Crippen molar-refractivity contribution in [2.75, 3.05) is 19.6 Å². The molecule has 0 aliphatic heterocycles. The lowest BCUT2D eigenvalue weighted by Crippen LogP contribution is -1.99. The molecule has 0 bridgehead atoms. The van der Waals surface area contributed by atoms with Crippen molar-refractivity contribution in [2.24, 2.45) is 0 Å². The molecule has 4 nitrogen and oxygen atoms in total. The summed E-state index contributed by atoms with van der Waals surface area (Å²) >= 11 is 0. The Bertz CT molecular complexity index is 174. The van der Waals surface area contributed by atoms with Gasteiger partial charge in [0.05, 0.1) is 13.2 Å². The molecule has 0 aromatic carbocycles. The maximum absolute atomic E-state index is 11.3. The maximum Gasteiger partial charge on any atom is 0.356 e. The van der Waals surface area contributed by atoms with Crippen LogP contribution in [0.3, 0.4) is 0 Å². The first-order valence-electron chi connectivity index (χ1n) is 3.39. The second-order valence-electron chi connectivity index (χ2n) is 1.92. The molecule has 0 rings (SSSR count). The Morgan fingerprint density at radius 3 is 1.92 bits per heavy atom. The predicted molar refractivity (Wildman–Crippen MR) is 47.0 cm³/mol. The van der Waals surface area contributed by atoms with E-state index in [4.69, 9.17) is 14.2 Å². The second kappa shape index (κ2) is 6.14. The van der Waals surface area contributed by atoms with E-state index >= 15 is 0 Å². The molecule has 0 amide bonds. The van der Waals surface area contributed by atoms with Crippen molar-refractivity contribution in [1.82, 2.24) is 0 Å². The summed E-state index contributed by atoms with van der Waals surface area (Å²) in [7, 11) is -3.32. The minimum Gasteiger partial charge on any atom is -0.384 e. The van der Waals surface area contributed by atoms with E-state index in [1.54, 1.807) is 0 Å². The molecule has 5 heteroatoms. The summed E-state index contributed by atoms with van der Waals surface area (Å²) in [5.41, 5.74) is 0. The van der Waals surface area contributed by atoms with Gasteiger partial charge in [-0.15, -0.1) is 13.2 Å². The number of rotatable bonds is 7. The second-order valence-corrected chi connectivity index (χ2v) is 3.94. The standard InChI is InChI=1S/C7H13O4P/c1-3-5-10-12(9,7-8)11-6-4-2/h3-4,8H,1-2,5-7H2. The molecule has 0 fully saturated rings. The highest BCUT2D eigenvalue weighted by Gasteiger charge is 2.21. The zero-order valence-electron chi connectivity index (χ0n) is 6.81. The lowest BCUT2D eigenvalue weighted by atomic mass is 10.7. The van der Waals surface area contributed by atoms with Crippen molar-refractivity contribution in [3.8, 4) is 0 Å². The van der Waals surface area contributed by atoms with Crippen molar-refractivity contribution in [2.45, 2.75) is 0 Å². The fraction of sp³-hybridized carbons (Fsp3) is 0.429. The van der Waals surface area contributed by atoms with Crippen LogP contribution in [0.25, 0.3) is 0 Å². The van der Waals surface area contributed by atoms with E-state index in [1.165, 1.54) is 12.2 Å². The summed E-state index contributed by atoms with van der Waals surface area (Å²) in [5.74, 6) is 0. The molecule has 12 heavy (non-hydrogen) atoms. The van der Waals surface area contributed by atoms with Crippen molar-refractivity contribution in [1.29, 1.82) is 0 Å². The van der Waals surface area contributed by atoms with E-state index in [-0.39, 0.29) is 13.2 Å². The molecular formula is C7H13O4P. The lowest BCUT2D eigenvalue weighted by Gasteiger charge is -2.13. The topological polar surface area (TPSA) is 55.8 Å². The van der Waals surface area contributed by atoms with Crippen LogP contribution in [0.5, 0.6) is 0 Å². The first-order valence-corrected chi connectivity index (χ1v) is 5.12. The largest absolute Gasteiger partial charge is 0.384 e. The molecule has 70 valence electrons. The summed E-state index contributed by atoms with van der Waals surface area (Å²) in [4.78, 5) is 0. The van der Waals surface area contributed by atoms with Gasteiger partial charge >= 0.3 is 7.60 Å². The highest BCUT2D eigenvalue weighted by Crippen LogP contribution is 2.46. The van der Waals surface area contributed by atoms with Gasteiger partial charge in [0, 0.05) is 0 Å². The van der Waals surface area contributed by atoms with Crippen LogP contribution in [0, 0.1) is 0 Å². The van der Waals surface area contributed by atoms with Crippen molar-refractivity contribution < 1.29 is 18.7 Å². The Hall–Kier alpha value is -0.410. The van der Waals surface area contributed by atoms with E-state index in [9.17, 15) is 4.57 Å². The van der Waals surface area contributed by atoms with E-state index in [0.717, 1.165) is 0 Å². The van der Waals surface area contributed by atoms with Gasteiger partial charge in [0.2, 0.25) is 0 Å². The third-order valence-corrected chi connectivity index (χ3v) is 2.38. The minimum atomic E-state index is -3.32. The molecule has 0 heterocycles. The van der Waals surface area contributed by atoms with E-state index in [0.29, 0.717) is 0 Å². The van der Waals surface area contributed by atoms with Gasteiger partial charge in [-0.25, -0.2) is 0 Å². The fourth-order valence-corrected chi connectivity index (χ4v) is 1.35. The van der Waals surface area contributed by atoms with E-state index in [1.807, 2.05) is 0 Å². The van der Waals surface area contributed by atoms with Crippen LogP contribution in [0.15, 0.2) is 25.3 Å². The van der Waals surface area contributed by atoms with Crippen LogP contribution >= 0.6 is 7.60 Å². The Balaban J connectivity index is 3.94. The summed E-state index contributed by atoms with van der Waals surface area (Å²) in [6.45, 7) is 6.93. The van der Waals surface area contributed by atoms with Crippen molar-refractivity contribution in [3.05, 3.63) is 25.3 Å². The molecule has 0 aromatic rings. The zero-order valence-corrected chi connectivity index (χ0v) is 7.70. The van der Waals surface area contributed by atoms with Gasteiger partial charge in [0.25, 0.3) is 0 Å².